The number of hydrogen-bond acceptors (Lipinski definition) is 5. The van der Waals surface area contributed by atoms with Crippen molar-refractivity contribution in [1.82, 2.24) is 19.3 Å². The number of nitrogens with zero attached hydrogens (tertiary/aromatic N) is 4. The Bertz CT molecular complexity index is 1260. The van der Waals surface area contributed by atoms with Crippen LogP contribution in [-0.2, 0) is 22.6 Å². The highest BCUT2D eigenvalue weighted by molar-refractivity contribution is 5.91. The Balaban J connectivity index is 1.54. The zero-order valence-electron chi connectivity index (χ0n) is 17.9. The van der Waals surface area contributed by atoms with Crippen molar-refractivity contribution in [2.75, 3.05) is 18.5 Å². The average Bonchev–Trinajstić information content (AvgIpc) is 3.15. The number of aromatic nitrogens is 4. The molecule has 0 atom stereocenters. The molecule has 1 amide bonds. The molecule has 2 aromatic carbocycles. The van der Waals surface area contributed by atoms with E-state index < -0.39 is 0 Å². The molecule has 0 saturated heterocycles. The Kier molecular flexibility index (Phi) is 6.72. The summed E-state index contributed by atoms with van der Waals surface area (Å²) in [7, 11) is 0. The summed E-state index contributed by atoms with van der Waals surface area (Å²) in [4.78, 5) is 29.6. The number of carbonyl (C=O) groups excluding carboxylic acids is 1. The van der Waals surface area contributed by atoms with E-state index in [4.69, 9.17) is 4.74 Å². The van der Waals surface area contributed by atoms with Gasteiger partial charge in [-0.3, -0.25) is 14.9 Å². The van der Waals surface area contributed by atoms with Crippen molar-refractivity contribution in [1.29, 1.82) is 0 Å². The van der Waals surface area contributed by atoms with Gasteiger partial charge in [0.15, 0.2) is 0 Å². The summed E-state index contributed by atoms with van der Waals surface area (Å²) >= 11 is 0. The van der Waals surface area contributed by atoms with Gasteiger partial charge in [0.05, 0.1) is 16.7 Å². The summed E-state index contributed by atoms with van der Waals surface area (Å²) in [6, 6.07) is 20.3. The molecule has 164 valence electrons. The maximum atomic E-state index is 12.8. The van der Waals surface area contributed by atoms with E-state index in [9.17, 15) is 9.59 Å². The first kappa shape index (κ1) is 21.5. The second-order valence-corrected chi connectivity index (χ2v) is 7.25. The topological polar surface area (TPSA) is 91.0 Å². The van der Waals surface area contributed by atoms with E-state index >= 15 is 0 Å². The fourth-order valence-corrected chi connectivity index (χ4v) is 3.49. The van der Waals surface area contributed by atoms with Crippen LogP contribution in [0.5, 0.6) is 0 Å². The SMILES string of the molecule is CCOCCCn1c(NC(=O)Cn2nc(-c3ccccc3)ccc2=O)nc2ccccc21. The van der Waals surface area contributed by atoms with Gasteiger partial charge in [-0.25, -0.2) is 9.67 Å². The van der Waals surface area contributed by atoms with E-state index in [1.807, 2.05) is 66.1 Å². The number of carbonyl (C=O) groups is 1. The van der Waals surface area contributed by atoms with Crippen molar-refractivity contribution in [2.24, 2.45) is 0 Å². The predicted octanol–water partition coefficient (Wildman–Crippen LogP) is 3.33. The monoisotopic (exact) mass is 431 g/mol. The Morgan fingerprint density at radius 1 is 1.03 bits per heavy atom. The highest BCUT2D eigenvalue weighted by Crippen LogP contribution is 2.20. The van der Waals surface area contributed by atoms with Crippen molar-refractivity contribution in [3.63, 3.8) is 0 Å². The van der Waals surface area contributed by atoms with Gasteiger partial charge < -0.3 is 9.30 Å². The number of anilines is 1. The maximum absolute atomic E-state index is 12.8. The Morgan fingerprint density at radius 2 is 1.81 bits per heavy atom. The maximum Gasteiger partial charge on any atom is 0.267 e. The summed E-state index contributed by atoms with van der Waals surface area (Å²) in [5.41, 5.74) is 2.88. The Labute approximate surface area is 185 Å². The number of para-hydroxylation sites is 2. The van der Waals surface area contributed by atoms with Crippen LogP contribution in [-0.4, -0.2) is 38.5 Å². The van der Waals surface area contributed by atoms with Crippen molar-refractivity contribution >= 4 is 22.9 Å². The molecule has 0 bridgehead atoms. The average molecular weight is 431 g/mol. The summed E-state index contributed by atoms with van der Waals surface area (Å²) in [6.45, 7) is 3.69. The number of ether oxygens (including phenoxy) is 1. The van der Waals surface area contributed by atoms with Crippen LogP contribution in [0.15, 0.2) is 71.5 Å². The highest BCUT2D eigenvalue weighted by Gasteiger charge is 2.14. The molecular weight excluding hydrogens is 406 g/mol. The fourth-order valence-electron chi connectivity index (χ4n) is 3.49. The smallest absolute Gasteiger partial charge is 0.267 e. The lowest BCUT2D eigenvalue weighted by atomic mass is 10.1. The van der Waals surface area contributed by atoms with Crippen LogP contribution in [0.3, 0.4) is 0 Å². The first-order chi connectivity index (χ1) is 15.7. The molecule has 4 rings (SSSR count). The largest absolute Gasteiger partial charge is 0.382 e. The van der Waals surface area contributed by atoms with E-state index in [1.54, 1.807) is 6.07 Å². The summed E-state index contributed by atoms with van der Waals surface area (Å²) in [5, 5.41) is 7.21. The van der Waals surface area contributed by atoms with Crippen molar-refractivity contribution in [2.45, 2.75) is 26.4 Å². The molecule has 0 fully saturated rings. The second kappa shape index (κ2) is 10.0. The normalized spacial score (nSPS) is 11.0. The first-order valence-corrected chi connectivity index (χ1v) is 10.6. The lowest BCUT2D eigenvalue weighted by Crippen LogP contribution is -2.30. The van der Waals surface area contributed by atoms with Gasteiger partial charge in [0.25, 0.3) is 5.56 Å². The molecule has 8 heteroatoms. The van der Waals surface area contributed by atoms with Crippen molar-refractivity contribution < 1.29 is 9.53 Å². The van der Waals surface area contributed by atoms with Crippen LogP contribution in [0.4, 0.5) is 5.95 Å². The quantitative estimate of drug-likeness (QED) is 0.411. The van der Waals surface area contributed by atoms with Crippen LogP contribution < -0.4 is 10.9 Å². The minimum absolute atomic E-state index is 0.207. The standard InChI is InChI=1S/C24H25N5O3/c1-2-32-16-8-15-28-21-12-7-6-11-20(21)25-24(28)26-22(30)17-29-23(31)14-13-19(27-29)18-9-4-3-5-10-18/h3-7,9-14H,2,8,15-17H2,1H3,(H,25,26,30). The van der Waals surface area contributed by atoms with Gasteiger partial charge in [-0.1, -0.05) is 42.5 Å². The summed E-state index contributed by atoms with van der Waals surface area (Å²) in [6.07, 6.45) is 0.789. The molecule has 0 saturated carbocycles. The van der Waals surface area contributed by atoms with Gasteiger partial charge in [-0.05, 0) is 31.5 Å². The third-order valence-electron chi connectivity index (χ3n) is 5.01. The van der Waals surface area contributed by atoms with Crippen LogP contribution in [0, 0.1) is 0 Å². The number of benzene rings is 2. The molecule has 0 aliphatic heterocycles. The number of hydrogen-bond donors (Lipinski definition) is 1. The van der Waals surface area contributed by atoms with Gasteiger partial charge in [-0.2, -0.15) is 5.10 Å². The number of rotatable bonds is 9. The molecule has 1 N–H and O–H groups in total. The molecule has 8 nitrogen and oxygen atoms in total. The molecule has 0 aliphatic carbocycles. The van der Waals surface area contributed by atoms with E-state index in [0.717, 1.165) is 23.0 Å². The summed E-state index contributed by atoms with van der Waals surface area (Å²) < 4.78 is 8.56. The minimum atomic E-state index is -0.369. The molecule has 2 aromatic heterocycles. The zero-order chi connectivity index (χ0) is 22.3. The molecule has 0 spiro atoms. The van der Waals surface area contributed by atoms with Gasteiger partial charge in [0.2, 0.25) is 11.9 Å². The molecule has 4 aromatic rings. The molecule has 2 heterocycles. The van der Waals surface area contributed by atoms with Crippen molar-refractivity contribution in [3.05, 3.63) is 77.1 Å². The minimum Gasteiger partial charge on any atom is -0.382 e. The third kappa shape index (κ3) is 4.92. The number of amides is 1. The van der Waals surface area contributed by atoms with Gasteiger partial charge in [0, 0.05) is 31.4 Å². The highest BCUT2D eigenvalue weighted by atomic mass is 16.5. The van der Waals surface area contributed by atoms with Crippen molar-refractivity contribution in [3.8, 4) is 11.3 Å². The molecular formula is C24H25N5O3. The molecule has 0 radical (unpaired) electrons. The van der Waals surface area contributed by atoms with E-state index in [0.29, 0.717) is 31.4 Å². The Hall–Kier alpha value is -3.78. The number of imidazole rings is 1. The molecule has 0 aliphatic rings. The number of nitrogens with one attached hydrogen (secondary N) is 1. The summed E-state index contributed by atoms with van der Waals surface area (Å²) in [5.74, 6) is 0.0751. The van der Waals surface area contributed by atoms with Crippen LogP contribution >= 0.6 is 0 Å². The van der Waals surface area contributed by atoms with E-state index in [1.165, 1.54) is 10.7 Å². The first-order valence-electron chi connectivity index (χ1n) is 10.6. The van der Waals surface area contributed by atoms with E-state index in [-0.39, 0.29) is 18.0 Å². The zero-order valence-corrected chi connectivity index (χ0v) is 17.9. The number of fused-ring (bicyclic) bond motifs is 1. The molecule has 32 heavy (non-hydrogen) atoms. The second-order valence-electron chi connectivity index (χ2n) is 7.25. The van der Waals surface area contributed by atoms with Crippen LogP contribution in [0.2, 0.25) is 0 Å². The van der Waals surface area contributed by atoms with E-state index in [2.05, 4.69) is 15.4 Å². The van der Waals surface area contributed by atoms with Gasteiger partial charge >= 0.3 is 0 Å². The van der Waals surface area contributed by atoms with Gasteiger partial charge in [0.1, 0.15) is 6.54 Å². The lowest BCUT2D eigenvalue weighted by Gasteiger charge is -2.11. The van der Waals surface area contributed by atoms with Crippen LogP contribution in [0.1, 0.15) is 13.3 Å². The Morgan fingerprint density at radius 3 is 2.62 bits per heavy atom. The number of aryl methyl sites for hydroxylation is 1. The fraction of sp³-hybridized carbons (Fsp3) is 0.250. The lowest BCUT2D eigenvalue weighted by molar-refractivity contribution is -0.117. The molecule has 0 unspecified atom stereocenters. The third-order valence-corrected chi connectivity index (χ3v) is 5.01. The van der Waals surface area contributed by atoms with Crippen LogP contribution in [0.25, 0.3) is 22.3 Å². The van der Waals surface area contributed by atoms with Gasteiger partial charge in [-0.15, -0.1) is 0 Å². The predicted molar refractivity (Wildman–Crippen MR) is 123 cm³/mol.